The summed E-state index contributed by atoms with van der Waals surface area (Å²) in [4.78, 5) is 0.0165. The van der Waals surface area contributed by atoms with Crippen LogP contribution in [0.2, 0.25) is 0 Å². The number of methoxy groups -OCH3 is 1. The molecule has 0 saturated carbocycles. The molecule has 3 N–H and O–H groups in total. The van der Waals surface area contributed by atoms with E-state index in [-0.39, 0.29) is 16.5 Å². The summed E-state index contributed by atoms with van der Waals surface area (Å²) in [5, 5.41) is 7.29. The van der Waals surface area contributed by atoms with E-state index in [2.05, 4.69) is 14.9 Å². The summed E-state index contributed by atoms with van der Waals surface area (Å²) in [6.07, 6.45) is 1.45. The number of aromatic nitrogens is 2. The molecule has 0 spiro atoms. The second kappa shape index (κ2) is 5.85. The van der Waals surface area contributed by atoms with Crippen LogP contribution in [0.25, 0.3) is 0 Å². The molecule has 2 rings (SSSR count). The third kappa shape index (κ3) is 3.03. The van der Waals surface area contributed by atoms with E-state index >= 15 is 0 Å². The molecule has 0 fully saturated rings. The standard InChI is InChI=1S/C12H14N4O3S/c1-19-10-7-9(8-13)4-5-11(10)20(17,18)16-12-3-2-6-14-15-12/h2-7H,8,13H2,1H3,(H,15,16). The van der Waals surface area contributed by atoms with E-state index in [4.69, 9.17) is 10.5 Å². The zero-order valence-electron chi connectivity index (χ0n) is 10.8. The van der Waals surface area contributed by atoms with Gasteiger partial charge in [0, 0.05) is 12.7 Å². The summed E-state index contributed by atoms with van der Waals surface area (Å²) in [5.74, 6) is 0.363. The third-order valence-electron chi connectivity index (χ3n) is 2.56. The highest BCUT2D eigenvalue weighted by atomic mass is 32.2. The Kier molecular flexibility index (Phi) is 4.16. The van der Waals surface area contributed by atoms with Crippen molar-refractivity contribution in [1.82, 2.24) is 10.2 Å². The molecule has 0 aliphatic heterocycles. The van der Waals surface area contributed by atoms with E-state index in [9.17, 15) is 8.42 Å². The van der Waals surface area contributed by atoms with Crippen LogP contribution in [0.15, 0.2) is 41.4 Å². The molecule has 0 aliphatic rings. The van der Waals surface area contributed by atoms with Gasteiger partial charge in [-0.3, -0.25) is 4.72 Å². The molecule has 0 atom stereocenters. The maximum Gasteiger partial charge on any atom is 0.266 e. The average molecular weight is 294 g/mol. The topological polar surface area (TPSA) is 107 Å². The van der Waals surface area contributed by atoms with Crippen LogP contribution in [0, 0.1) is 0 Å². The largest absolute Gasteiger partial charge is 0.495 e. The van der Waals surface area contributed by atoms with Gasteiger partial charge in [0.15, 0.2) is 5.82 Å². The van der Waals surface area contributed by atoms with Crippen LogP contribution >= 0.6 is 0 Å². The van der Waals surface area contributed by atoms with Gasteiger partial charge in [-0.15, -0.1) is 5.10 Å². The summed E-state index contributed by atoms with van der Waals surface area (Å²) in [6.45, 7) is 0.300. The second-order valence-corrected chi connectivity index (χ2v) is 5.55. The van der Waals surface area contributed by atoms with Crippen LogP contribution in [-0.4, -0.2) is 25.7 Å². The lowest BCUT2D eigenvalue weighted by Gasteiger charge is -2.11. The van der Waals surface area contributed by atoms with E-state index in [0.29, 0.717) is 6.54 Å². The maximum atomic E-state index is 12.3. The van der Waals surface area contributed by atoms with Gasteiger partial charge >= 0.3 is 0 Å². The number of nitrogens with two attached hydrogens (primary N) is 1. The Morgan fingerprint density at radius 3 is 2.75 bits per heavy atom. The Morgan fingerprint density at radius 1 is 1.35 bits per heavy atom. The fourth-order valence-corrected chi connectivity index (χ4v) is 2.76. The van der Waals surface area contributed by atoms with E-state index < -0.39 is 10.0 Å². The Balaban J connectivity index is 2.39. The molecule has 0 radical (unpaired) electrons. The first kappa shape index (κ1) is 14.2. The first-order valence-electron chi connectivity index (χ1n) is 5.74. The van der Waals surface area contributed by atoms with Gasteiger partial charge in [-0.2, -0.15) is 5.10 Å². The van der Waals surface area contributed by atoms with Gasteiger partial charge in [0.05, 0.1) is 7.11 Å². The van der Waals surface area contributed by atoms with Gasteiger partial charge < -0.3 is 10.5 Å². The SMILES string of the molecule is COc1cc(CN)ccc1S(=O)(=O)Nc1cccnn1. The normalized spacial score (nSPS) is 11.1. The maximum absolute atomic E-state index is 12.3. The molecule has 1 heterocycles. The molecule has 1 aromatic heterocycles. The van der Waals surface area contributed by atoms with Crippen molar-refractivity contribution in [2.45, 2.75) is 11.4 Å². The Bertz CT molecular complexity index is 689. The molecule has 0 amide bonds. The Hall–Kier alpha value is -2.19. The second-order valence-electron chi connectivity index (χ2n) is 3.90. The molecule has 106 valence electrons. The number of nitrogens with zero attached hydrogens (tertiary/aromatic N) is 2. The number of rotatable bonds is 5. The molecule has 8 heteroatoms. The molecule has 20 heavy (non-hydrogen) atoms. The molecular formula is C12H14N4O3S. The van der Waals surface area contributed by atoms with Crippen molar-refractivity contribution in [3.8, 4) is 5.75 Å². The summed E-state index contributed by atoms with van der Waals surface area (Å²) in [6, 6.07) is 7.75. The van der Waals surface area contributed by atoms with Crippen molar-refractivity contribution >= 4 is 15.8 Å². The van der Waals surface area contributed by atoms with Crippen molar-refractivity contribution in [3.05, 3.63) is 42.1 Å². The molecule has 0 unspecified atom stereocenters. The Labute approximate surface area is 116 Å². The minimum absolute atomic E-state index is 0.0165. The highest BCUT2D eigenvalue weighted by Gasteiger charge is 2.20. The van der Waals surface area contributed by atoms with Gasteiger partial charge in [-0.1, -0.05) is 6.07 Å². The van der Waals surface area contributed by atoms with E-state index in [1.54, 1.807) is 18.2 Å². The molecule has 0 bridgehead atoms. The summed E-state index contributed by atoms with van der Waals surface area (Å²) >= 11 is 0. The van der Waals surface area contributed by atoms with Crippen molar-refractivity contribution in [2.24, 2.45) is 5.73 Å². The number of benzene rings is 1. The lowest BCUT2D eigenvalue weighted by molar-refractivity contribution is 0.402. The van der Waals surface area contributed by atoms with Crippen LogP contribution < -0.4 is 15.2 Å². The van der Waals surface area contributed by atoms with Crippen LogP contribution in [0.5, 0.6) is 5.75 Å². The summed E-state index contributed by atoms with van der Waals surface area (Å²) in [7, 11) is -2.40. The number of sulfonamides is 1. The summed E-state index contributed by atoms with van der Waals surface area (Å²) < 4.78 is 32.0. The van der Waals surface area contributed by atoms with E-state index in [1.165, 1.54) is 25.4 Å². The number of nitrogens with one attached hydrogen (secondary N) is 1. The molecule has 1 aromatic carbocycles. The van der Waals surface area contributed by atoms with E-state index in [0.717, 1.165) is 5.56 Å². The van der Waals surface area contributed by atoms with Crippen molar-refractivity contribution in [3.63, 3.8) is 0 Å². The summed E-state index contributed by atoms with van der Waals surface area (Å²) in [5.41, 5.74) is 6.30. The van der Waals surface area contributed by atoms with Crippen molar-refractivity contribution in [2.75, 3.05) is 11.8 Å². The fourth-order valence-electron chi connectivity index (χ4n) is 1.61. The highest BCUT2D eigenvalue weighted by Crippen LogP contribution is 2.26. The zero-order valence-corrected chi connectivity index (χ0v) is 11.6. The number of ether oxygens (including phenoxy) is 1. The molecule has 0 saturated heterocycles. The molecular weight excluding hydrogens is 280 g/mol. The molecule has 7 nitrogen and oxygen atoms in total. The minimum Gasteiger partial charge on any atom is -0.495 e. The highest BCUT2D eigenvalue weighted by molar-refractivity contribution is 7.92. The number of anilines is 1. The van der Waals surface area contributed by atoms with Gasteiger partial charge in [0.1, 0.15) is 10.6 Å². The molecule has 2 aromatic rings. The van der Waals surface area contributed by atoms with Crippen molar-refractivity contribution < 1.29 is 13.2 Å². The quantitative estimate of drug-likeness (QED) is 0.842. The van der Waals surface area contributed by atoms with Gasteiger partial charge in [0.25, 0.3) is 10.0 Å². The smallest absolute Gasteiger partial charge is 0.266 e. The lowest BCUT2D eigenvalue weighted by atomic mass is 10.2. The monoisotopic (exact) mass is 294 g/mol. The van der Waals surface area contributed by atoms with Gasteiger partial charge in [-0.25, -0.2) is 8.42 Å². The molecule has 0 aliphatic carbocycles. The number of hydrogen-bond donors (Lipinski definition) is 2. The minimum atomic E-state index is -3.80. The van der Waals surface area contributed by atoms with Crippen LogP contribution in [0.4, 0.5) is 5.82 Å². The lowest BCUT2D eigenvalue weighted by Crippen LogP contribution is -2.15. The van der Waals surface area contributed by atoms with E-state index in [1.807, 2.05) is 0 Å². The van der Waals surface area contributed by atoms with Gasteiger partial charge in [-0.05, 0) is 29.8 Å². The predicted octanol–water partition coefficient (Wildman–Crippen LogP) is 0.745. The third-order valence-corrected chi connectivity index (χ3v) is 3.96. The first-order valence-corrected chi connectivity index (χ1v) is 7.22. The number of hydrogen-bond acceptors (Lipinski definition) is 6. The predicted molar refractivity (Wildman–Crippen MR) is 73.7 cm³/mol. The van der Waals surface area contributed by atoms with Crippen LogP contribution in [0.3, 0.4) is 0 Å². The van der Waals surface area contributed by atoms with Gasteiger partial charge in [0.2, 0.25) is 0 Å². The fraction of sp³-hybridized carbons (Fsp3) is 0.167. The Morgan fingerprint density at radius 2 is 2.15 bits per heavy atom. The zero-order chi connectivity index (χ0) is 14.6. The van der Waals surface area contributed by atoms with Crippen molar-refractivity contribution in [1.29, 1.82) is 0 Å². The van der Waals surface area contributed by atoms with Crippen LogP contribution in [0.1, 0.15) is 5.56 Å². The average Bonchev–Trinajstić information content (AvgIpc) is 2.47. The van der Waals surface area contributed by atoms with Crippen LogP contribution in [-0.2, 0) is 16.6 Å². The first-order chi connectivity index (χ1) is 9.56.